The van der Waals surface area contributed by atoms with Crippen molar-refractivity contribution >= 4 is 12.1 Å². The van der Waals surface area contributed by atoms with E-state index in [9.17, 15) is 4.79 Å². The highest BCUT2D eigenvalue weighted by molar-refractivity contribution is 5.83. The molecule has 0 unspecified atom stereocenters. The molecule has 1 aliphatic heterocycles. The van der Waals surface area contributed by atoms with Gasteiger partial charge in [-0.3, -0.25) is 4.79 Å². The van der Waals surface area contributed by atoms with E-state index >= 15 is 0 Å². The molecule has 0 atom stereocenters. The van der Waals surface area contributed by atoms with Crippen molar-refractivity contribution in [2.45, 2.75) is 6.42 Å². The highest BCUT2D eigenvalue weighted by Crippen LogP contribution is 2.06. The van der Waals surface area contributed by atoms with Crippen LogP contribution in [-0.2, 0) is 4.79 Å². The lowest BCUT2D eigenvalue weighted by Crippen LogP contribution is -2.38. The number of rotatable bonds is 2. The van der Waals surface area contributed by atoms with Gasteiger partial charge in [-0.1, -0.05) is 6.58 Å². The Morgan fingerprint density at radius 3 is 2.89 bits per heavy atom. The summed E-state index contributed by atoms with van der Waals surface area (Å²) in [6.45, 7) is 4.18. The summed E-state index contributed by atoms with van der Waals surface area (Å²) in [5, 5.41) is 5.19. The zero-order valence-electron chi connectivity index (χ0n) is 5.08. The van der Waals surface area contributed by atoms with Gasteiger partial charge >= 0.3 is 0 Å². The van der Waals surface area contributed by atoms with Crippen LogP contribution in [0.5, 0.6) is 0 Å². The topological polar surface area (TPSA) is 32.7 Å². The summed E-state index contributed by atoms with van der Waals surface area (Å²) < 4.78 is 0. The van der Waals surface area contributed by atoms with E-state index in [1.54, 1.807) is 6.08 Å². The van der Waals surface area contributed by atoms with Crippen molar-refractivity contribution in [2.75, 3.05) is 6.54 Å². The zero-order valence-corrected chi connectivity index (χ0v) is 5.08. The van der Waals surface area contributed by atoms with E-state index in [0.717, 1.165) is 6.54 Å². The molecular formula is C6H8N2O. The number of β-lactam (4-membered cyclic amide) rings is 1. The van der Waals surface area contributed by atoms with Crippen molar-refractivity contribution in [1.82, 2.24) is 5.01 Å². The van der Waals surface area contributed by atoms with Crippen molar-refractivity contribution in [3.8, 4) is 0 Å². The number of hydrazone groups is 1. The second-order valence-electron chi connectivity index (χ2n) is 1.77. The Balaban J connectivity index is 2.36. The predicted molar refractivity (Wildman–Crippen MR) is 35.0 cm³/mol. The summed E-state index contributed by atoms with van der Waals surface area (Å²) in [6.07, 6.45) is 3.69. The monoisotopic (exact) mass is 124 g/mol. The van der Waals surface area contributed by atoms with Crippen LogP contribution in [0, 0.1) is 0 Å². The van der Waals surface area contributed by atoms with Crippen LogP contribution in [0.1, 0.15) is 6.42 Å². The molecule has 3 heteroatoms. The number of nitrogens with zero attached hydrogens (tertiary/aromatic N) is 2. The van der Waals surface area contributed by atoms with Crippen molar-refractivity contribution < 1.29 is 4.79 Å². The summed E-state index contributed by atoms with van der Waals surface area (Å²) in [7, 11) is 0. The molecule has 1 fully saturated rings. The molecule has 48 valence electrons. The molecule has 1 saturated heterocycles. The molecule has 0 bridgehead atoms. The normalized spacial score (nSPS) is 18.2. The first-order valence-electron chi connectivity index (χ1n) is 2.80. The van der Waals surface area contributed by atoms with E-state index in [4.69, 9.17) is 0 Å². The van der Waals surface area contributed by atoms with Crippen molar-refractivity contribution in [3.05, 3.63) is 12.7 Å². The van der Waals surface area contributed by atoms with Gasteiger partial charge in [0.25, 0.3) is 0 Å². The molecule has 1 amide bonds. The van der Waals surface area contributed by atoms with Crippen molar-refractivity contribution in [2.24, 2.45) is 5.10 Å². The highest BCUT2D eigenvalue weighted by atomic mass is 16.2. The fourth-order valence-electron chi connectivity index (χ4n) is 0.553. The molecule has 0 aliphatic carbocycles. The molecule has 0 N–H and O–H groups in total. The molecule has 0 aromatic heterocycles. The van der Waals surface area contributed by atoms with Gasteiger partial charge in [-0.05, 0) is 6.08 Å². The fourth-order valence-corrected chi connectivity index (χ4v) is 0.553. The van der Waals surface area contributed by atoms with Crippen LogP contribution in [0.15, 0.2) is 17.8 Å². The number of hydrogen-bond acceptors (Lipinski definition) is 2. The average molecular weight is 124 g/mol. The molecular weight excluding hydrogens is 116 g/mol. The van der Waals surface area contributed by atoms with Gasteiger partial charge in [0.1, 0.15) is 0 Å². The predicted octanol–water partition coefficient (Wildman–Crippen LogP) is 0.391. The summed E-state index contributed by atoms with van der Waals surface area (Å²) in [4.78, 5) is 10.5. The summed E-state index contributed by atoms with van der Waals surface area (Å²) in [5.41, 5.74) is 0. The lowest BCUT2D eigenvalue weighted by molar-refractivity contribution is -0.139. The zero-order chi connectivity index (χ0) is 6.69. The molecule has 1 rings (SSSR count). The molecule has 1 heterocycles. The molecule has 9 heavy (non-hydrogen) atoms. The number of carbonyl (C=O) groups excluding carboxylic acids is 1. The van der Waals surface area contributed by atoms with Gasteiger partial charge in [-0.2, -0.15) is 5.10 Å². The largest absolute Gasteiger partial charge is 0.273 e. The Hall–Kier alpha value is -1.12. The van der Waals surface area contributed by atoms with Gasteiger partial charge in [0.2, 0.25) is 5.91 Å². The smallest absolute Gasteiger partial charge is 0.244 e. The Morgan fingerprint density at radius 1 is 1.78 bits per heavy atom. The van der Waals surface area contributed by atoms with Gasteiger partial charge in [0, 0.05) is 12.6 Å². The van der Waals surface area contributed by atoms with E-state index in [2.05, 4.69) is 11.7 Å². The van der Waals surface area contributed by atoms with Crippen LogP contribution in [-0.4, -0.2) is 23.7 Å². The first-order chi connectivity index (χ1) is 4.34. The minimum atomic E-state index is 0.0908. The molecule has 0 spiro atoms. The molecule has 0 aromatic rings. The number of allylic oxidation sites excluding steroid dienone is 1. The van der Waals surface area contributed by atoms with Gasteiger partial charge in [0.15, 0.2) is 0 Å². The summed E-state index contributed by atoms with van der Waals surface area (Å²) >= 11 is 0. The van der Waals surface area contributed by atoms with Crippen LogP contribution < -0.4 is 0 Å². The highest BCUT2D eigenvalue weighted by Gasteiger charge is 2.21. The lowest BCUT2D eigenvalue weighted by Gasteiger charge is -2.24. The fraction of sp³-hybridized carbons (Fsp3) is 0.333. The lowest BCUT2D eigenvalue weighted by atomic mass is 10.3. The van der Waals surface area contributed by atoms with Gasteiger partial charge in [-0.25, -0.2) is 5.01 Å². The minimum Gasteiger partial charge on any atom is -0.273 e. The SMILES string of the molecule is C=CC=NN1CCC1=O. The molecule has 0 saturated carbocycles. The van der Waals surface area contributed by atoms with Crippen LogP contribution in [0.25, 0.3) is 0 Å². The van der Waals surface area contributed by atoms with Gasteiger partial charge < -0.3 is 0 Å². The Kier molecular flexibility index (Phi) is 1.63. The average Bonchev–Trinajstić information content (AvgIpc) is 1.86. The maximum Gasteiger partial charge on any atom is 0.244 e. The third-order valence-corrected chi connectivity index (χ3v) is 1.14. The number of amides is 1. The van der Waals surface area contributed by atoms with E-state index in [1.807, 2.05) is 0 Å². The maximum absolute atomic E-state index is 10.5. The molecule has 1 aliphatic rings. The maximum atomic E-state index is 10.5. The third kappa shape index (κ3) is 1.16. The first kappa shape index (κ1) is 6.01. The Bertz CT molecular complexity index is 162. The van der Waals surface area contributed by atoms with Crippen LogP contribution in [0.3, 0.4) is 0 Å². The molecule has 0 radical (unpaired) electrons. The second kappa shape index (κ2) is 2.44. The number of hydrogen-bond donors (Lipinski definition) is 0. The van der Waals surface area contributed by atoms with Gasteiger partial charge in [0.05, 0.1) is 6.54 Å². The minimum absolute atomic E-state index is 0.0908. The summed E-state index contributed by atoms with van der Waals surface area (Å²) in [5.74, 6) is 0.0908. The van der Waals surface area contributed by atoms with E-state index < -0.39 is 0 Å². The van der Waals surface area contributed by atoms with E-state index in [1.165, 1.54) is 11.2 Å². The van der Waals surface area contributed by atoms with Crippen molar-refractivity contribution in [3.63, 3.8) is 0 Å². The Labute approximate surface area is 53.7 Å². The van der Waals surface area contributed by atoms with Crippen LogP contribution in [0.2, 0.25) is 0 Å². The van der Waals surface area contributed by atoms with Crippen molar-refractivity contribution in [1.29, 1.82) is 0 Å². The summed E-state index contributed by atoms with van der Waals surface area (Å²) in [6, 6.07) is 0. The van der Waals surface area contributed by atoms with E-state index in [0.29, 0.717) is 6.42 Å². The van der Waals surface area contributed by atoms with E-state index in [-0.39, 0.29) is 5.91 Å². The quantitative estimate of drug-likeness (QED) is 0.387. The first-order valence-corrected chi connectivity index (χ1v) is 2.80. The van der Waals surface area contributed by atoms with Crippen LogP contribution >= 0.6 is 0 Å². The van der Waals surface area contributed by atoms with Crippen LogP contribution in [0.4, 0.5) is 0 Å². The number of carbonyl (C=O) groups is 1. The molecule has 3 nitrogen and oxygen atoms in total. The standard InChI is InChI=1S/C6H8N2O/c1-2-4-7-8-5-3-6(8)9/h2,4H,1,3,5H2. The van der Waals surface area contributed by atoms with Gasteiger partial charge in [-0.15, -0.1) is 0 Å². The second-order valence-corrected chi connectivity index (χ2v) is 1.77. The molecule has 0 aromatic carbocycles. The Morgan fingerprint density at radius 2 is 2.56 bits per heavy atom. The third-order valence-electron chi connectivity index (χ3n) is 1.14.